The zero-order chi connectivity index (χ0) is 23.2. The van der Waals surface area contributed by atoms with Crippen LogP contribution in [0.3, 0.4) is 0 Å². The molecule has 3 heterocycles. The van der Waals surface area contributed by atoms with Gasteiger partial charge in [-0.3, -0.25) is 14.3 Å². The number of imidazole rings is 1. The number of H-pyrrole nitrogens is 1. The molecule has 2 aromatic heterocycles. The van der Waals surface area contributed by atoms with Gasteiger partial charge in [-0.25, -0.2) is 9.78 Å². The fourth-order valence-corrected chi connectivity index (χ4v) is 3.96. The number of aliphatic hydroxyl groups is 2. The van der Waals surface area contributed by atoms with Crippen LogP contribution in [0.1, 0.15) is 16.6 Å². The zero-order valence-electron chi connectivity index (χ0n) is 16.0. The van der Waals surface area contributed by atoms with Crippen molar-refractivity contribution >= 4 is 33.3 Å². The lowest BCUT2D eigenvalue weighted by Gasteiger charge is -2.16. The van der Waals surface area contributed by atoms with Crippen molar-refractivity contribution in [3.63, 3.8) is 0 Å². The number of ether oxygens (including phenoxy) is 2. The van der Waals surface area contributed by atoms with Crippen molar-refractivity contribution in [1.82, 2.24) is 19.5 Å². The molecule has 32 heavy (non-hydrogen) atoms. The van der Waals surface area contributed by atoms with Gasteiger partial charge in [-0.15, -0.1) is 3.89 Å². The van der Waals surface area contributed by atoms with Crippen LogP contribution in [0.5, 0.6) is 0 Å². The molecule has 15 heteroatoms. The third kappa shape index (κ3) is 3.81. The Morgan fingerprint density at radius 1 is 1.31 bits per heavy atom. The number of esters is 1. The van der Waals surface area contributed by atoms with Gasteiger partial charge in [-0.2, -0.15) is 13.4 Å². The van der Waals surface area contributed by atoms with Crippen LogP contribution in [0, 0.1) is 0 Å². The van der Waals surface area contributed by atoms with E-state index in [1.165, 1.54) is 16.7 Å². The lowest BCUT2D eigenvalue weighted by molar-refractivity contribution is -0.0566. The van der Waals surface area contributed by atoms with Gasteiger partial charge in [0.2, 0.25) is 5.95 Å². The van der Waals surface area contributed by atoms with Crippen molar-refractivity contribution in [3.8, 4) is 0 Å². The molecule has 0 saturated carbocycles. The first-order valence-electron chi connectivity index (χ1n) is 9.02. The molecule has 0 radical (unpaired) electrons. The number of benzene rings is 1. The Labute approximate surface area is 178 Å². The van der Waals surface area contributed by atoms with E-state index in [1.54, 1.807) is 0 Å². The predicted octanol–water partition coefficient (Wildman–Crippen LogP) is -1.16. The van der Waals surface area contributed by atoms with Gasteiger partial charge in [-0.05, 0) is 12.1 Å². The number of nitrogens with zero attached hydrogens (tertiary/aromatic N) is 3. The van der Waals surface area contributed by atoms with E-state index in [4.69, 9.17) is 15.2 Å². The Balaban J connectivity index is 1.53. The normalized spacial score (nSPS) is 23.5. The summed E-state index contributed by atoms with van der Waals surface area (Å²) >= 11 is 0. The first-order valence-corrected chi connectivity index (χ1v) is 10.4. The van der Waals surface area contributed by atoms with Crippen molar-refractivity contribution < 1.29 is 36.8 Å². The van der Waals surface area contributed by atoms with Crippen LogP contribution in [0.15, 0.2) is 40.3 Å². The molecule has 170 valence electrons. The number of halogens is 1. The topological polar surface area (TPSA) is 200 Å². The number of fused-ring (bicyclic) bond motifs is 1. The van der Waals surface area contributed by atoms with Crippen molar-refractivity contribution in [3.05, 3.63) is 46.5 Å². The number of rotatable bonds is 5. The summed E-state index contributed by atoms with van der Waals surface area (Å²) in [6.07, 6.45) is -4.42. The predicted molar refractivity (Wildman–Crippen MR) is 104 cm³/mol. The molecule has 1 saturated heterocycles. The number of nitrogen functional groups attached to an aromatic ring is 1. The van der Waals surface area contributed by atoms with Crippen LogP contribution in [0.4, 0.5) is 9.83 Å². The summed E-state index contributed by atoms with van der Waals surface area (Å²) < 4.78 is 47.6. The summed E-state index contributed by atoms with van der Waals surface area (Å²) in [6.45, 7) is -0.600. The molecule has 0 bridgehead atoms. The third-order valence-electron chi connectivity index (χ3n) is 4.81. The van der Waals surface area contributed by atoms with Crippen molar-refractivity contribution in [1.29, 1.82) is 0 Å². The monoisotopic (exact) mass is 469 g/mol. The van der Waals surface area contributed by atoms with E-state index >= 15 is 0 Å². The van der Waals surface area contributed by atoms with Crippen LogP contribution in [-0.2, 0) is 19.7 Å². The highest BCUT2D eigenvalue weighted by molar-refractivity contribution is 7.86. The molecule has 0 aliphatic carbocycles. The Morgan fingerprint density at radius 3 is 2.75 bits per heavy atom. The van der Waals surface area contributed by atoms with Crippen LogP contribution in [0.25, 0.3) is 11.2 Å². The van der Waals surface area contributed by atoms with Crippen LogP contribution >= 0.6 is 0 Å². The van der Waals surface area contributed by atoms with E-state index in [0.717, 1.165) is 18.5 Å². The third-order valence-corrected chi connectivity index (χ3v) is 5.69. The highest BCUT2D eigenvalue weighted by atomic mass is 32.3. The van der Waals surface area contributed by atoms with Crippen molar-refractivity contribution in [2.24, 2.45) is 0 Å². The molecule has 1 aliphatic heterocycles. The van der Waals surface area contributed by atoms with E-state index in [0.29, 0.717) is 0 Å². The number of aliphatic hydroxyl groups excluding tert-OH is 2. The van der Waals surface area contributed by atoms with Crippen LogP contribution in [-0.4, -0.2) is 69.0 Å². The number of carbonyl (C=O) groups excluding carboxylic acids is 1. The van der Waals surface area contributed by atoms with Gasteiger partial charge in [0, 0.05) is 0 Å². The molecule has 4 atom stereocenters. The van der Waals surface area contributed by atoms with Crippen molar-refractivity contribution in [2.75, 3.05) is 12.3 Å². The molecule has 13 nitrogen and oxygen atoms in total. The summed E-state index contributed by atoms with van der Waals surface area (Å²) in [5, 5.41) is 20.7. The number of anilines is 1. The second kappa shape index (κ2) is 7.94. The molecule has 5 N–H and O–H groups in total. The summed E-state index contributed by atoms with van der Waals surface area (Å²) in [7, 11) is -5.18. The van der Waals surface area contributed by atoms with Gasteiger partial charge >= 0.3 is 16.2 Å². The van der Waals surface area contributed by atoms with Gasteiger partial charge in [0.25, 0.3) is 5.56 Å². The van der Waals surface area contributed by atoms with Gasteiger partial charge in [-0.1, -0.05) is 12.1 Å². The average molecular weight is 469 g/mol. The molecule has 3 aromatic rings. The van der Waals surface area contributed by atoms with Crippen LogP contribution in [0.2, 0.25) is 0 Å². The second-order valence-corrected chi connectivity index (χ2v) is 8.17. The van der Waals surface area contributed by atoms with Gasteiger partial charge in [0.1, 0.15) is 29.8 Å². The number of hydrogen-bond acceptors (Lipinski definition) is 11. The average Bonchev–Trinajstić information content (AvgIpc) is 3.27. The molecule has 0 spiro atoms. The number of hydrogen-bond donors (Lipinski definition) is 4. The van der Waals surface area contributed by atoms with E-state index in [2.05, 4.69) is 15.0 Å². The molecule has 1 aliphatic rings. The maximum Gasteiger partial charge on any atom is 0.339 e. The highest BCUT2D eigenvalue weighted by Gasteiger charge is 2.45. The smallest absolute Gasteiger partial charge is 0.339 e. The minimum Gasteiger partial charge on any atom is -0.459 e. The van der Waals surface area contributed by atoms with Crippen molar-refractivity contribution in [2.45, 2.75) is 29.4 Å². The molecular formula is C17H16FN5O8S. The Bertz CT molecular complexity index is 1360. The number of aromatic amines is 1. The molecular weight excluding hydrogens is 453 g/mol. The quantitative estimate of drug-likeness (QED) is 0.259. The van der Waals surface area contributed by atoms with Crippen LogP contribution < -0.4 is 11.3 Å². The fourth-order valence-electron chi connectivity index (χ4n) is 3.31. The van der Waals surface area contributed by atoms with Gasteiger partial charge < -0.3 is 25.4 Å². The fraction of sp³-hybridized carbons (Fsp3) is 0.294. The lowest BCUT2D eigenvalue weighted by Crippen LogP contribution is -2.34. The van der Waals surface area contributed by atoms with E-state index in [-0.39, 0.29) is 17.1 Å². The minimum absolute atomic E-state index is 0.0118. The molecule has 4 rings (SSSR count). The number of nitrogens with two attached hydrogens (primary N) is 1. The number of aromatic nitrogens is 4. The molecule has 0 unspecified atom stereocenters. The molecule has 1 aromatic carbocycles. The Kier molecular flexibility index (Phi) is 5.41. The van der Waals surface area contributed by atoms with E-state index in [1.807, 2.05) is 0 Å². The standard InChI is InChI=1S/C17H16FN5O8S/c18-32(28,29)9-4-2-1-3-7(9)16(27)30-5-8-11(24)12(25)15(31-8)23-6-20-10-13(23)21-17(19)22-14(10)26/h1-4,6,8,11-12,15,24-25H,5H2,(H3,19,21,22,26)/t8-,11-,12-,15-/m1/s1. The Hall–Kier alpha value is -3.40. The SMILES string of the molecule is Nc1nc2c(ncn2[C@@H]2O[C@H](COC(=O)c3ccccc3S(=O)(=O)F)[C@@H](O)[C@H]2O)c(=O)[nH]1. The maximum absolute atomic E-state index is 13.4. The highest BCUT2D eigenvalue weighted by Crippen LogP contribution is 2.31. The maximum atomic E-state index is 13.4. The largest absolute Gasteiger partial charge is 0.459 e. The number of carbonyl (C=O) groups is 1. The summed E-state index contributed by atoms with van der Waals surface area (Å²) in [5.41, 5.74) is 4.28. The lowest BCUT2D eigenvalue weighted by atomic mass is 10.1. The first kappa shape index (κ1) is 21.8. The second-order valence-electron chi connectivity index (χ2n) is 6.85. The van der Waals surface area contributed by atoms with E-state index < -0.39 is 63.4 Å². The minimum atomic E-state index is -5.18. The first-order chi connectivity index (χ1) is 15.1. The molecule has 0 amide bonds. The zero-order valence-corrected chi connectivity index (χ0v) is 16.8. The number of nitrogens with one attached hydrogen (secondary N) is 1. The van der Waals surface area contributed by atoms with E-state index in [9.17, 15) is 32.1 Å². The summed E-state index contributed by atoms with van der Waals surface area (Å²) in [6, 6.07) is 4.51. The molecule has 1 fully saturated rings. The van der Waals surface area contributed by atoms with Gasteiger partial charge in [0.05, 0.1) is 11.9 Å². The summed E-state index contributed by atoms with van der Waals surface area (Å²) in [4.78, 5) is 33.4. The Morgan fingerprint density at radius 2 is 2.03 bits per heavy atom. The summed E-state index contributed by atoms with van der Waals surface area (Å²) in [5.74, 6) is -1.38. The van der Waals surface area contributed by atoms with Gasteiger partial charge in [0.15, 0.2) is 17.4 Å².